The molecule has 0 saturated heterocycles. The number of carbonyl (C=O) groups excluding carboxylic acids is 1. The van der Waals surface area contributed by atoms with E-state index in [1.165, 1.54) is 0 Å². The van der Waals surface area contributed by atoms with Crippen LogP contribution < -0.4 is 14.8 Å². The maximum Gasteiger partial charge on any atom is 0.323 e. The second kappa shape index (κ2) is 10.0. The average Bonchev–Trinajstić information content (AvgIpc) is 2.48. The minimum Gasteiger partial charge on any atom is -0.490 e. The lowest BCUT2D eigenvalue weighted by atomic mass is 10.2. The van der Waals surface area contributed by atoms with Gasteiger partial charge in [-0.3, -0.25) is 4.79 Å². The number of esters is 1. The van der Waals surface area contributed by atoms with Gasteiger partial charge in [0.15, 0.2) is 11.5 Å². The van der Waals surface area contributed by atoms with Gasteiger partial charge in [0, 0.05) is 6.42 Å². The molecule has 1 N–H and O–H groups in total. The van der Waals surface area contributed by atoms with Gasteiger partial charge in [-0.2, -0.15) is 0 Å². The normalized spacial score (nSPS) is 11.8. The number of nitrogens with one attached hydrogen (secondary N) is 1. The van der Waals surface area contributed by atoms with Crippen molar-refractivity contribution in [1.29, 1.82) is 0 Å². The second-order valence-corrected chi connectivity index (χ2v) is 4.38. The molecule has 21 heavy (non-hydrogen) atoms. The Balaban J connectivity index is 2.51. The van der Waals surface area contributed by atoms with Crippen LogP contribution in [0.15, 0.2) is 24.3 Å². The van der Waals surface area contributed by atoms with Crippen molar-refractivity contribution in [2.45, 2.75) is 33.2 Å². The maximum atomic E-state index is 11.8. The van der Waals surface area contributed by atoms with E-state index in [9.17, 15) is 4.79 Å². The number of carbonyl (C=O) groups is 1. The molecule has 0 aliphatic carbocycles. The minimum absolute atomic E-state index is 0.235. The summed E-state index contributed by atoms with van der Waals surface area (Å²) in [4.78, 5) is 11.8. The van der Waals surface area contributed by atoms with Crippen LogP contribution in [-0.4, -0.2) is 38.4 Å². The molecule has 1 aromatic rings. The lowest BCUT2D eigenvalue weighted by Crippen LogP contribution is -2.39. The highest BCUT2D eigenvalue weighted by Gasteiger charge is 2.18. The molecule has 0 saturated carbocycles. The Hall–Kier alpha value is -1.75. The fourth-order valence-electron chi connectivity index (χ4n) is 1.92. The molecule has 0 bridgehead atoms. The summed E-state index contributed by atoms with van der Waals surface area (Å²) in [5.74, 6) is 1.18. The largest absolute Gasteiger partial charge is 0.490 e. The lowest BCUT2D eigenvalue weighted by molar-refractivity contribution is -0.146. The van der Waals surface area contributed by atoms with E-state index >= 15 is 0 Å². The molecule has 5 nitrogen and oxygen atoms in total. The fourth-order valence-corrected chi connectivity index (χ4v) is 1.92. The molecular weight excluding hydrogens is 270 g/mol. The lowest BCUT2D eigenvalue weighted by Gasteiger charge is -2.17. The van der Waals surface area contributed by atoms with Crippen LogP contribution in [0.25, 0.3) is 0 Å². The topological polar surface area (TPSA) is 56.8 Å². The van der Waals surface area contributed by atoms with Crippen LogP contribution in [0, 0.1) is 0 Å². The zero-order valence-corrected chi connectivity index (χ0v) is 13.1. The van der Waals surface area contributed by atoms with Crippen LogP contribution in [0.5, 0.6) is 11.5 Å². The van der Waals surface area contributed by atoms with E-state index in [1.807, 2.05) is 38.1 Å². The molecule has 1 aromatic carbocycles. The van der Waals surface area contributed by atoms with Gasteiger partial charge in [0.25, 0.3) is 0 Å². The third kappa shape index (κ3) is 6.04. The monoisotopic (exact) mass is 295 g/mol. The van der Waals surface area contributed by atoms with Crippen molar-refractivity contribution >= 4 is 5.97 Å². The predicted molar refractivity (Wildman–Crippen MR) is 81.8 cm³/mol. The SMILES string of the molecule is CCNC(CCOc1ccccc1OCC)C(=O)OCC. The van der Waals surface area contributed by atoms with Gasteiger partial charge in [-0.05, 0) is 32.5 Å². The van der Waals surface area contributed by atoms with Crippen molar-refractivity contribution < 1.29 is 19.0 Å². The van der Waals surface area contributed by atoms with Crippen LogP contribution in [0.2, 0.25) is 0 Å². The Morgan fingerprint density at radius 3 is 2.33 bits per heavy atom. The minimum atomic E-state index is -0.339. The van der Waals surface area contributed by atoms with E-state index in [-0.39, 0.29) is 12.0 Å². The second-order valence-electron chi connectivity index (χ2n) is 4.38. The Bertz CT molecular complexity index is 422. The summed E-state index contributed by atoms with van der Waals surface area (Å²) in [6, 6.07) is 7.18. The number of hydrogen-bond donors (Lipinski definition) is 1. The molecule has 0 amide bonds. The summed E-state index contributed by atoms with van der Waals surface area (Å²) in [6.07, 6.45) is 0.549. The summed E-state index contributed by atoms with van der Waals surface area (Å²) in [5.41, 5.74) is 0. The van der Waals surface area contributed by atoms with Crippen molar-refractivity contribution in [2.24, 2.45) is 0 Å². The molecule has 0 radical (unpaired) electrons. The first kappa shape index (κ1) is 17.3. The molecule has 0 heterocycles. The van der Waals surface area contributed by atoms with Crippen molar-refractivity contribution in [3.63, 3.8) is 0 Å². The number of likely N-dealkylation sites (N-methyl/N-ethyl adjacent to an activating group) is 1. The van der Waals surface area contributed by atoms with Crippen LogP contribution in [0.3, 0.4) is 0 Å². The summed E-state index contributed by atoms with van der Waals surface area (Å²) >= 11 is 0. The van der Waals surface area contributed by atoms with Gasteiger partial charge >= 0.3 is 5.97 Å². The zero-order valence-electron chi connectivity index (χ0n) is 13.1. The predicted octanol–water partition coefficient (Wildman–Crippen LogP) is 2.40. The molecule has 0 aliphatic rings. The van der Waals surface area contributed by atoms with E-state index < -0.39 is 0 Å². The fraction of sp³-hybridized carbons (Fsp3) is 0.562. The standard InChI is InChI=1S/C16H25NO4/c1-4-17-13(16(18)20-6-3)11-12-21-15-10-8-7-9-14(15)19-5-2/h7-10,13,17H,4-6,11-12H2,1-3H3. The van der Waals surface area contributed by atoms with Gasteiger partial charge in [-0.15, -0.1) is 0 Å². The van der Waals surface area contributed by atoms with Crippen LogP contribution in [0.4, 0.5) is 0 Å². The first-order valence-corrected chi connectivity index (χ1v) is 7.47. The maximum absolute atomic E-state index is 11.8. The Morgan fingerprint density at radius 2 is 1.76 bits per heavy atom. The van der Waals surface area contributed by atoms with Gasteiger partial charge < -0.3 is 19.5 Å². The summed E-state index contributed by atoms with van der Waals surface area (Å²) in [6.45, 7) is 7.78. The first-order valence-electron chi connectivity index (χ1n) is 7.47. The number of rotatable bonds is 10. The van der Waals surface area contributed by atoms with Gasteiger partial charge in [-0.25, -0.2) is 0 Å². The molecule has 0 spiro atoms. The summed E-state index contributed by atoms with van der Waals surface area (Å²) in [7, 11) is 0. The number of ether oxygens (including phenoxy) is 3. The first-order chi connectivity index (χ1) is 10.2. The van der Waals surface area contributed by atoms with Crippen molar-refractivity contribution in [3.05, 3.63) is 24.3 Å². The Morgan fingerprint density at radius 1 is 1.10 bits per heavy atom. The Labute approximate surface area is 126 Å². The van der Waals surface area contributed by atoms with Crippen molar-refractivity contribution in [1.82, 2.24) is 5.32 Å². The van der Waals surface area contributed by atoms with Crippen molar-refractivity contribution in [3.8, 4) is 11.5 Å². The van der Waals surface area contributed by atoms with Gasteiger partial charge in [0.1, 0.15) is 6.04 Å². The van der Waals surface area contributed by atoms with E-state index in [0.29, 0.717) is 38.5 Å². The quantitative estimate of drug-likeness (QED) is 0.672. The van der Waals surface area contributed by atoms with E-state index in [1.54, 1.807) is 6.92 Å². The Kier molecular flexibility index (Phi) is 8.28. The summed E-state index contributed by atoms with van der Waals surface area (Å²) < 4.78 is 16.3. The molecule has 1 unspecified atom stereocenters. The third-order valence-electron chi connectivity index (χ3n) is 2.83. The van der Waals surface area contributed by atoms with Gasteiger partial charge in [0.2, 0.25) is 0 Å². The molecule has 1 rings (SSSR count). The van der Waals surface area contributed by atoms with E-state index in [4.69, 9.17) is 14.2 Å². The van der Waals surface area contributed by atoms with Crippen LogP contribution in [-0.2, 0) is 9.53 Å². The van der Waals surface area contributed by atoms with Crippen LogP contribution in [0.1, 0.15) is 27.2 Å². The highest BCUT2D eigenvalue weighted by molar-refractivity contribution is 5.75. The average molecular weight is 295 g/mol. The highest BCUT2D eigenvalue weighted by Crippen LogP contribution is 2.26. The molecule has 5 heteroatoms. The molecule has 0 aromatic heterocycles. The van der Waals surface area contributed by atoms with Gasteiger partial charge in [-0.1, -0.05) is 19.1 Å². The number of hydrogen-bond acceptors (Lipinski definition) is 5. The number of benzene rings is 1. The molecule has 118 valence electrons. The molecule has 0 fully saturated rings. The zero-order chi connectivity index (χ0) is 15.5. The molecule has 1 atom stereocenters. The van der Waals surface area contributed by atoms with E-state index in [0.717, 1.165) is 5.75 Å². The molecule has 0 aliphatic heterocycles. The highest BCUT2D eigenvalue weighted by atomic mass is 16.5. The summed E-state index contributed by atoms with van der Waals surface area (Å²) in [5, 5.41) is 3.11. The van der Waals surface area contributed by atoms with E-state index in [2.05, 4.69) is 5.32 Å². The van der Waals surface area contributed by atoms with Crippen LogP contribution >= 0.6 is 0 Å². The smallest absolute Gasteiger partial charge is 0.323 e. The number of para-hydroxylation sites is 2. The third-order valence-corrected chi connectivity index (χ3v) is 2.83. The molecular formula is C16H25NO4. The van der Waals surface area contributed by atoms with Crippen molar-refractivity contribution in [2.75, 3.05) is 26.4 Å². The van der Waals surface area contributed by atoms with Gasteiger partial charge in [0.05, 0.1) is 19.8 Å².